The van der Waals surface area contributed by atoms with Crippen LogP contribution in [0.15, 0.2) is 0 Å². The Morgan fingerprint density at radius 2 is 1.08 bits per heavy atom. The van der Waals surface area contributed by atoms with Crippen LogP contribution in [0, 0.1) is 23.2 Å². The van der Waals surface area contributed by atoms with Crippen LogP contribution in [0.1, 0.15) is 38.5 Å². The highest BCUT2D eigenvalue weighted by molar-refractivity contribution is 5.15. The zero-order chi connectivity index (χ0) is 19.1. The smallest absolute Gasteiger partial charge is 0.359 e. The maximum atomic E-state index is 14.7. The van der Waals surface area contributed by atoms with Crippen LogP contribution in [0.3, 0.4) is 0 Å². The molecule has 146 valence electrons. The molecule has 4 aliphatic rings. The van der Waals surface area contributed by atoms with E-state index in [1.165, 1.54) is 0 Å². The Kier molecular flexibility index (Phi) is 3.97. The minimum Gasteiger partial charge on any atom is -0.359 e. The van der Waals surface area contributed by atoms with Crippen molar-refractivity contribution in [1.82, 2.24) is 0 Å². The number of halogens is 9. The fourth-order valence-corrected chi connectivity index (χ4v) is 5.38. The molecule has 4 fully saturated rings. The van der Waals surface area contributed by atoms with Crippen molar-refractivity contribution in [2.24, 2.45) is 23.2 Å². The molecule has 0 aliphatic heterocycles. The highest BCUT2D eigenvalue weighted by Gasteiger charge is 2.86. The lowest BCUT2D eigenvalue weighted by Crippen LogP contribution is -2.70. The van der Waals surface area contributed by atoms with E-state index in [0.717, 1.165) is 0 Å². The van der Waals surface area contributed by atoms with Crippen molar-refractivity contribution < 1.29 is 44.6 Å². The Morgan fingerprint density at radius 3 is 1.40 bits per heavy atom. The molecule has 4 rings (SSSR count). The molecule has 0 saturated heterocycles. The summed E-state index contributed by atoms with van der Waals surface area (Å²) in [6.07, 6.45) is -4.41. The van der Waals surface area contributed by atoms with E-state index in [9.17, 15) is 39.5 Å². The standard InChI is InChI=1S/C15H17F9O/c16-10(25)12(17,18)14(21,22)15(23,24)13(19,20)11-4-7-1-8(5-11)3-9(2-7)6-11/h7-10,25H,1-6H2. The number of aliphatic hydroxyl groups excluding tert-OH is 1. The average Bonchev–Trinajstić information content (AvgIpc) is 2.44. The number of hydrogen-bond donors (Lipinski definition) is 1. The summed E-state index contributed by atoms with van der Waals surface area (Å²) < 4.78 is 123. The zero-order valence-corrected chi connectivity index (χ0v) is 12.9. The van der Waals surface area contributed by atoms with E-state index in [-0.39, 0.29) is 17.8 Å². The van der Waals surface area contributed by atoms with Crippen LogP contribution < -0.4 is 0 Å². The first-order valence-corrected chi connectivity index (χ1v) is 8.01. The lowest BCUT2D eigenvalue weighted by atomic mass is 9.47. The highest BCUT2D eigenvalue weighted by atomic mass is 19.4. The molecule has 25 heavy (non-hydrogen) atoms. The monoisotopic (exact) mass is 384 g/mol. The van der Waals surface area contributed by atoms with Gasteiger partial charge in [0.15, 0.2) is 0 Å². The Morgan fingerprint density at radius 1 is 0.720 bits per heavy atom. The molecule has 1 nitrogen and oxygen atoms in total. The summed E-state index contributed by atoms with van der Waals surface area (Å²) in [5.74, 6) is -26.0. The maximum absolute atomic E-state index is 14.7. The van der Waals surface area contributed by atoms with E-state index in [0.29, 0.717) is 19.3 Å². The fourth-order valence-electron chi connectivity index (χ4n) is 5.38. The molecule has 4 saturated carbocycles. The molecule has 0 heterocycles. The molecule has 4 aliphatic carbocycles. The van der Waals surface area contributed by atoms with Gasteiger partial charge in [-0.3, -0.25) is 0 Å². The summed E-state index contributed by atoms with van der Waals surface area (Å²) in [4.78, 5) is 0. The molecular weight excluding hydrogens is 367 g/mol. The van der Waals surface area contributed by atoms with Crippen molar-refractivity contribution in [3.63, 3.8) is 0 Å². The molecule has 10 heteroatoms. The number of rotatable bonds is 5. The van der Waals surface area contributed by atoms with Gasteiger partial charge in [-0.2, -0.15) is 35.1 Å². The molecule has 4 bridgehead atoms. The molecule has 0 aromatic heterocycles. The Balaban J connectivity index is 2.01. The molecule has 0 amide bonds. The predicted molar refractivity (Wildman–Crippen MR) is 67.5 cm³/mol. The number of alkyl halides is 9. The highest BCUT2D eigenvalue weighted by Crippen LogP contribution is 2.69. The van der Waals surface area contributed by atoms with E-state index in [4.69, 9.17) is 5.11 Å². The van der Waals surface area contributed by atoms with Gasteiger partial charge in [-0.15, -0.1) is 0 Å². The van der Waals surface area contributed by atoms with Crippen LogP contribution in [0.5, 0.6) is 0 Å². The molecule has 0 spiro atoms. The minimum atomic E-state index is -6.75. The van der Waals surface area contributed by atoms with E-state index < -0.39 is 54.7 Å². The van der Waals surface area contributed by atoms with E-state index in [1.807, 2.05) is 0 Å². The first kappa shape index (κ1) is 19.1. The Labute approximate surface area is 137 Å². The van der Waals surface area contributed by atoms with Gasteiger partial charge in [0.2, 0.25) is 0 Å². The maximum Gasteiger partial charge on any atom is 0.383 e. The van der Waals surface area contributed by atoms with Gasteiger partial charge in [-0.05, 0) is 56.3 Å². The van der Waals surface area contributed by atoms with Crippen molar-refractivity contribution in [3.05, 3.63) is 0 Å². The van der Waals surface area contributed by atoms with Crippen molar-refractivity contribution in [3.8, 4) is 0 Å². The Bertz CT molecular complexity index is 508. The van der Waals surface area contributed by atoms with Crippen LogP contribution in [0.2, 0.25) is 0 Å². The zero-order valence-electron chi connectivity index (χ0n) is 12.9. The topological polar surface area (TPSA) is 20.2 Å². The summed E-state index contributed by atoms with van der Waals surface area (Å²) in [6.45, 7) is 0. The third-order valence-electron chi connectivity index (χ3n) is 6.21. The molecule has 1 N–H and O–H groups in total. The van der Waals surface area contributed by atoms with Crippen molar-refractivity contribution in [2.45, 2.75) is 68.6 Å². The largest absolute Gasteiger partial charge is 0.383 e. The minimum absolute atomic E-state index is 0.325. The van der Waals surface area contributed by atoms with Gasteiger partial charge in [0, 0.05) is 5.41 Å². The lowest BCUT2D eigenvalue weighted by Gasteiger charge is -2.60. The van der Waals surface area contributed by atoms with Gasteiger partial charge in [0.25, 0.3) is 6.36 Å². The molecule has 1 unspecified atom stereocenters. The third kappa shape index (κ3) is 2.27. The van der Waals surface area contributed by atoms with Gasteiger partial charge in [0.05, 0.1) is 0 Å². The lowest BCUT2D eigenvalue weighted by molar-refractivity contribution is -0.413. The second-order valence-corrected chi connectivity index (χ2v) is 7.88. The normalized spacial score (nSPS) is 37.4. The molecule has 1 atom stereocenters. The number of aliphatic hydroxyl groups is 1. The van der Waals surface area contributed by atoms with Gasteiger partial charge < -0.3 is 5.11 Å². The first-order chi connectivity index (χ1) is 11.2. The van der Waals surface area contributed by atoms with Crippen molar-refractivity contribution in [1.29, 1.82) is 0 Å². The predicted octanol–water partition coefficient (Wildman–Crippen LogP) is 5.03. The quantitative estimate of drug-likeness (QED) is 0.659. The third-order valence-corrected chi connectivity index (χ3v) is 6.21. The van der Waals surface area contributed by atoms with Gasteiger partial charge in [0.1, 0.15) is 0 Å². The summed E-state index contributed by atoms with van der Waals surface area (Å²) in [7, 11) is 0. The molecule has 0 radical (unpaired) electrons. The second-order valence-electron chi connectivity index (χ2n) is 7.88. The van der Waals surface area contributed by atoms with Crippen LogP contribution in [-0.2, 0) is 0 Å². The van der Waals surface area contributed by atoms with Crippen LogP contribution >= 0.6 is 0 Å². The Hall–Kier alpha value is -0.670. The van der Waals surface area contributed by atoms with E-state index in [2.05, 4.69) is 0 Å². The van der Waals surface area contributed by atoms with E-state index >= 15 is 0 Å². The van der Waals surface area contributed by atoms with Gasteiger partial charge in [-0.1, -0.05) is 0 Å². The van der Waals surface area contributed by atoms with Crippen molar-refractivity contribution in [2.75, 3.05) is 0 Å². The van der Waals surface area contributed by atoms with Crippen LogP contribution in [0.25, 0.3) is 0 Å². The SMILES string of the molecule is OC(F)C(F)(F)C(F)(F)C(F)(F)C(F)(F)C12CC3CC(CC(C3)C1)C2. The van der Waals surface area contributed by atoms with E-state index in [1.54, 1.807) is 0 Å². The summed E-state index contributed by atoms with van der Waals surface area (Å²) in [5, 5.41) is 8.10. The summed E-state index contributed by atoms with van der Waals surface area (Å²) in [6, 6.07) is 0. The van der Waals surface area contributed by atoms with Crippen LogP contribution in [0.4, 0.5) is 39.5 Å². The van der Waals surface area contributed by atoms with Crippen LogP contribution in [-0.4, -0.2) is 35.2 Å². The second kappa shape index (κ2) is 5.19. The number of hydrogen-bond acceptors (Lipinski definition) is 1. The van der Waals surface area contributed by atoms with Gasteiger partial charge in [-0.25, -0.2) is 4.39 Å². The summed E-state index contributed by atoms with van der Waals surface area (Å²) in [5.41, 5.74) is -2.51. The van der Waals surface area contributed by atoms with Crippen molar-refractivity contribution >= 4 is 0 Å². The molecule has 0 aromatic rings. The molecular formula is C15H17F9O. The fraction of sp³-hybridized carbons (Fsp3) is 1.00. The van der Waals surface area contributed by atoms with Gasteiger partial charge >= 0.3 is 23.7 Å². The first-order valence-electron chi connectivity index (χ1n) is 8.01. The average molecular weight is 384 g/mol. The summed E-state index contributed by atoms with van der Waals surface area (Å²) >= 11 is 0. The molecule has 0 aromatic carbocycles.